The van der Waals surface area contributed by atoms with E-state index in [1.54, 1.807) is 18.5 Å². The molecule has 0 saturated carbocycles. The lowest BCUT2D eigenvalue weighted by Crippen LogP contribution is -2.40. The zero-order valence-corrected chi connectivity index (χ0v) is 16.1. The van der Waals surface area contributed by atoms with Crippen LogP contribution >= 0.6 is 11.6 Å². The van der Waals surface area contributed by atoms with Crippen LogP contribution in [0.3, 0.4) is 0 Å². The number of ether oxygens (including phenoxy) is 1. The van der Waals surface area contributed by atoms with Crippen LogP contribution in [-0.4, -0.2) is 45.6 Å². The number of piperidine rings is 1. The number of carbonyl (C=O) groups is 1. The van der Waals surface area contributed by atoms with Crippen molar-refractivity contribution in [3.05, 3.63) is 29.3 Å². The highest BCUT2D eigenvalue weighted by Crippen LogP contribution is 2.24. The summed E-state index contributed by atoms with van der Waals surface area (Å²) in [5.41, 5.74) is 2.45. The first-order valence-corrected chi connectivity index (χ1v) is 9.58. The molecule has 1 saturated heterocycles. The third-order valence-electron chi connectivity index (χ3n) is 4.60. The Labute approximate surface area is 158 Å². The fourth-order valence-corrected chi connectivity index (χ4v) is 3.52. The first-order chi connectivity index (χ1) is 12.5. The van der Waals surface area contributed by atoms with Crippen LogP contribution in [0.1, 0.15) is 38.8 Å². The number of likely N-dealkylation sites (tertiary alicyclic amines) is 1. The largest absolute Gasteiger partial charge is 0.449 e. The first-order valence-electron chi connectivity index (χ1n) is 9.20. The van der Waals surface area contributed by atoms with Crippen LogP contribution in [0.25, 0.3) is 11.0 Å². The van der Waals surface area contributed by atoms with Crippen LogP contribution in [-0.2, 0) is 11.2 Å². The van der Waals surface area contributed by atoms with Crippen molar-refractivity contribution in [3.63, 3.8) is 0 Å². The highest BCUT2D eigenvalue weighted by molar-refractivity contribution is 6.30. The molecule has 2 aromatic heterocycles. The van der Waals surface area contributed by atoms with Crippen molar-refractivity contribution in [2.45, 2.75) is 39.5 Å². The number of hydrogen-bond acceptors (Lipinski definition) is 5. The average Bonchev–Trinajstić information content (AvgIpc) is 2.64. The minimum Gasteiger partial charge on any atom is -0.449 e. The maximum Gasteiger partial charge on any atom is 0.409 e. The van der Waals surface area contributed by atoms with E-state index in [9.17, 15) is 4.79 Å². The summed E-state index contributed by atoms with van der Waals surface area (Å²) in [6.07, 6.45) is 6.96. The molecular weight excluding hydrogens is 352 g/mol. The Hall–Kier alpha value is -1.95. The number of aryl methyl sites for hydroxylation is 1. The van der Waals surface area contributed by atoms with Gasteiger partial charge in [0.2, 0.25) is 0 Å². The molecule has 1 aliphatic heterocycles. The van der Waals surface area contributed by atoms with Gasteiger partial charge in [0.25, 0.3) is 0 Å². The second kappa shape index (κ2) is 8.62. The van der Waals surface area contributed by atoms with Crippen LogP contribution in [0.4, 0.5) is 4.79 Å². The number of rotatable bonds is 5. The Bertz CT molecular complexity index is 768. The Kier molecular flexibility index (Phi) is 6.25. The molecule has 0 N–H and O–H groups in total. The molecule has 6 nitrogen and oxygen atoms in total. The molecule has 3 heterocycles. The van der Waals surface area contributed by atoms with Gasteiger partial charge in [0.1, 0.15) is 10.7 Å². The number of halogens is 1. The van der Waals surface area contributed by atoms with E-state index in [1.165, 1.54) is 0 Å². The van der Waals surface area contributed by atoms with Gasteiger partial charge in [0.15, 0.2) is 0 Å². The lowest BCUT2D eigenvalue weighted by Gasteiger charge is -2.32. The molecule has 26 heavy (non-hydrogen) atoms. The third-order valence-corrected chi connectivity index (χ3v) is 4.80. The van der Waals surface area contributed by atoms with Crippen molar-refractivity contribution in [1.82, 2.24) is 19.9 Å². The molecule has 0 aromatic carbocycles. The van der Waals surface area contributed by atoms with Crippen LogP contribution in [0.15, 0.2) is 18.5 Å². The molecule has 2 aromatic rings. The van der Waals surface area contributed by atoms with Crippen molar-refractivity contribution < 1.29 is 9.53 Å². The van der Waals surface area contributed by atoms with Gasteiger partial charge in [-0.1, -0.05) is 25.4 Å². The van der Waals surface area contributed by atoms with E-state index < -0.39 is 0 Å². The summed E-state index contributed by atoms with van der Waals surface area (Å²) in [6.45, 7) is 6.06. The van der Waals surface area contributed by atoms with Gasteiger partial charge in [-0.2, -0.15) is 0 Å². The Morgan fingerprint density at radius 1 is 1.38 bits per heavy atom. The molecule has 140 valence electrons. The van der Waals surface area contributed by atoms with Crippen molar-refractivity contribution >= 4 is 28.7 Å². The van der Waals surface area contributed by atoms with Crippen LogP contribution in [0.5, 0.6) is 0 Å². The van der Waals surface area contributed by atoms with Gasteiger partial charge < -0.3 is 9.64 Å². The van der Waals surface area contributed by atoms with E-state index >= 15 is 0 Å². The van der Waals surface area contributed by atoms with Gasteiger partial charge in [0, 0.05) is 31.5 Å². The summed E-state index contributed by atoms with van der Waals surface area (Å²) in [7, 11) is 0. The second-order valence-corrected chi connectivity index (χ2v) is 7.67. The third kappa shape index (κ3) is 4.81. The highest BCUT2D eigenvalue weighted by Gasteiger charge is 2.25. The molecule has 7 heteroatoms. The summed E-state index contributed by atoms with van der Waals surface area (Å²) in [4.78, 5) is 27.2. The van der Waals surface area contributed by atoms with Crippen LogP contribution in [0, 0.1) is 11.8 Å². The lowest BCUT2D eigenvalue weighted by molar-refractivity contribution is 0.0750. The predicted molar refractivity (Wildman–Crippen MR) is 101 cm³/mol. The number of nitrogens with zero attached hydrogens (tertiary/aromatic N) is 4. The van der Waals surface area contributed by atoms with Crippen LogP contribution in [0.2, 0.25) is 5.15 Å². The zero-order chi connectivity index (χ0) is 18.5. The fourth-order valence-electron chi connectivity index (χ4n) is 3.31. The van der Waals surface area contributed by atoms with Gasteiger partial charge >= 0.3 is 6.09 Å². The van der Waals surface area contributed by atoms with E-state index in [4.69, 9.17) is 16.3 Å². The van der Waals surface area contributed by atoms with E-state index in [1.807, 2.05) is 18.7 Å². The summed E-state index contributed by atoms with van der Waals surface area (Å²) >= 11 is 6.12. The summed E-state index contributed by atoms with van der Waals surface area (Å²) in [5.74, 6) is 0.783. The number of fused-ring (bicyclic) bond motifs is 1. The maximum atomic E-state index is 12.2. The molecule has 0 aliphatic carbocycles. The SMILES string of the molecule is CC(C)COC(=O)N1CCCC(CCc2nc(Cl)cc3nccnc23)C1. The predicted octanol–water partition coefficient (Wildman–Crippen LogP) is 4.12. The molecule has 0 bridgehead atoms. The van der Waals surface area contributed by atoms with Gasteiger partial charge in [-0.25, -0.2) is 9.78 Å². The molecule has 1 unspecified atom stereocenters. The fraction of sp³-hybridized carbons (Fsp3) is 0.579. The van der Waals surface area contributed by atoms with Gasteiger partial charge in [-0.05, 0) is 37.5 Å². The van der Waals surface area contributed by atoms with Crippen molar-refractivity contribution in [2.75, 3.05) is 19.7 Å². The molecule has 1 fully saturated rings. The minimum atomic E-state index is -0.194. The number of hydrogen-bond donors (Lipinski definition) is 0. The van der Waals surface area contributed by atoms with Crippen molar-refractivity contribution in [1.29, 1.82) is 0 Å². The number of carbonyl (C=O) groups excluding carboxylic acids is 1. The Morgan fingerprint density at radius 3 is 3.00 bits per heavy atom. The van der Waals surface area contributed by atoms with Gasteiger partial charge in [-0.3, -0.25) is 9.97 Å². The lowest BCUT2D eigenvalue weighted by atomic mass is 9.92. The monoisotopic (exact) mass is 376 g/mol. The van der Waals surface area contributed by atoms with E-state index in [2.05, 4.69) is 15.0 Å². The first kappa shape index (κ1) is 18.8. The summed E-state index contributed by atoms with van der Waals surface area (Å²) in [5, 5.41) is 0.440. The van der Waals surface area contributed by atoms with Gasteiger partial charge in [-0.15, -0.1) is 0 Å². The second-order valence-electron chi connectivity index (χ2n) is 7.28. The number of pyridine rings is 1. The van der Waals surface area contributed by atoms with E-state index in [-0.39, 0.29) is 6.09 Å². The molecule has 1 atom stereocenters. The topological polar surface area (TPSA) is 68.2 Å². The van der Waals surface area contributed by atoms with Crippen molar-refractivity contribution in [2.24, 2.45) is 11.8 Å². The van der Waals surface area contributed by atoms with E-state index in [0.717, 1.165) is 55.5 Å². The van der Waals surface area contributed by atoms with Gasteiger partial charge in [0.05, 0.1) is 17.8 Å². The molecule has 1 amide bonds. The summed E-state index contributed by atoms with van der Waals surface area (Å²) in [6, 6.07) is 1.74. The van der Waals surface area contributed by atoms with E-state index in [0.29, 0.717) is 23.6 Å². The van der Waals surface area contributed by atoms with Crippen molar-refractivity contribution in [3.8, 4) is 0 Å². The maximum absolute atomic E-state index is 12.2. The molecule has 0 spiro atoms. The summed E-state index contributed by atoms with van der Waals surface area (Å²) < 4.78 is 5.37. The number of amides is 1. The molecule has 0 radical (unpaired) electrons. The standard InChI is InChI=1S/C19H25ClN4O2/c1-13(2)12-26-19(25)24-9-3-4-14(11-24)5-6-15-18-16(10-17(20)23-15)21-7-8-22-18/h7-8,10,13-14H,3-6,9,11-12H2,1-2H3. The normalized spacial score (nSPS) is 17.7. The number of aromatic nitrogens is 3. The minimum absolute atomic E-state index is 0.194. The van der Waals surface area contributed by atoms with Crippen LogP contribution < -0.4 is 0 Å². The Morgan fingerprint density at radius 2 is 2.19 bits per heavy atom. The highest BCUT2D eigenvalue weighted by atomic mass is 35.5. The zero-order valence-electron chi connectivity index (χ0n) is 15.3. The average molecular weight is 377 g/mol. The molecule has 3 rings (SSSR count). The molecule has 1 aliphatic rings. The quantitative estimate of drug-likeness (QED) is 0.734. The molecular formula is C19H25ClN4O2. The Balaban J connectivity index is 1.60. The smallest absolute Gasteiger partial charge is 0.409 e.